The van der Waals surface area contributed by atoms with Gasteiger partial charge in [0, 0.05) is 11.1 Å². The summed E-state index contributed by atoms with van der Waals surface area (Å²) >= 11 is 12.6. The maximum Gasteiger partial charge on any atom is 0.137 e. The Labute approximate surface area is 133 Å². The number of nitrogens with zero attached hydrogens (tertiary/aromatic N) is 2. The Balaban J connectivity index is 2.21. The number of aryl methyl sites for hydroxylation is 1. The summed E-state index contributed by atoms with van der Waals surface area (Å²) in [5.74, 6) is 0.328. The zero-order valence-corrected chi connectivity index (χ0v) is 13.1. The van der Waals surface area contributed by atoms with Gasteiger partial charge in [-0.25, -0.2) is 4.68 Å². The van der Waals surface area contributed by atoms with Crippen molar-refractivity contribution in [1.82, 2.24) is 9.78 Å². The van der Waals surface area contributed by atoms with Crippen LogP contribution < -0.4 is 0 Å². The lowest BCUT2D eigenvalue weighted by Gasteiger charge is -2.06. The Morgan fingerprint density at radius 3 is 2.33 bits per heavy atom. The number of alkyl halides is 1. The predicted octanol–water partition coefficient (Wildman–Crippen LogP) is 5.24. The molecule has 1 aromatic heterocycles. The smallest absolute Gasteiger partial charge is 0.137 e. The fourth-order valence-electron chi connectivity index (χ4n) is 2.34. The van der Waals surface area contributed by atoms with Crippen LogP contribution in [0.5, 0.6) is 0 Å². The molecule has 0 aliphatic carbocycles. The molecule has 0 bridgehead atoms. The summed E-state index contributed by atoms with van der Waals surface area (Å²) in [6, 6.07) is 18.0. The van der Waals surface area contributed by atoms with Crippen molar-refractivity contribution in [3.05, 3.63) is 70.9 Å². The molecule has 1 heterocycles. The minimum atomic E-state index is 0.328. The van der Waals surface area contributed by atoms with Crippen LogP contribution in [0.1, 0.15) is 11.1 Å². The van der Waals surface area contributed by atoms with Gasteiger partial charge in [-0.3, -0.25) is 0 Å². The molecule has 0 fully saturated rings. The number of hydrogen-bond acceptors (Lipinski definition) is 1. The van der Waals surface area contributed by atoms with Crippen molar-refractivity contribution in [2.45, 2.75) is 12.8 Å². The van der Waals surface area contributed by atoms with Crippen molar-refractivity contribution in [3.8, 4) is 16.9 Å². The molecular weight excluding hydrogens is 303 g/mol. The van der Waals surface area contributed by atoms with E-state index in [9.17, 15) is 0 Å². The molecule has 4 heteroatoms. The summed E-state index contributed by atoms with van der Waals surface area (Å²) in [6.45, 7) is 2.04. The van der Waals surface area contributed by atoms with E-state index in [2.05, 4.69) is 5.10 Å². The van der Waals surface area contributed by atoms with Gasteiger partial charge in [-0.15, -0.1) is 11.6 Å². The van der Waals surface area contributed by atoms with E-state index < -0.39 is 0 Å². The van der Waals surface area contributed by atoms with Gasteiger partial charge in [0.2, 0.25) is 0 Å². The lowest BCUT2D eigenvalue weighted by atomic mass is 10.1. The average Bonchev–Trinajstić information content (AvgIpc) is 2.85. The number of hydrogen-bond donors (Lipinski definition) is 0. The Morgan fingerprint density at radius 1 is 1.00 bits per heavy atom. The van der Waals surface area contributed by atoms with Crippen molar-refractivity contribution in [1.29, 1.82) is 0 Å². The average molecular weight is 317 g/mol. The topological polar surface area (TPSA) is 17.8 Å². The van der Waals surface area contributed by atoms with Crippen molar-refractivity contribution in [2.24, 2.45) is 0 Å². The van der Waals surface area contributed by atoms with E-state index in [0.717, 1.165) is 28.1 Å². The summed E-state index contributed by atoms with van der Waals surface area (Å²) in [5.41, 5.74) is 4.78. The Morgan fingerprint density at radius 2 is 1.67 bits per heavy atom. The largest absolute Gasteiger partial charge is 0.221 e. The first-order valence-corrected chi connectivity index (χ1v) is 7.58. The standard InChI is InChI=1S/C17H14Cl2N2/c1-12-7-5-6-10-15(12)21-17(19)14(11-18)16(20-21)13-8-3-2-4-9-13/h2-10H,11H2,1H3. The molecule has 0 saturated carbocycles. The van der Waals surface area contributed by atoms with Gasteiger partial charge in [-0.1, -0.05) is 60.1 Å². The van der Waals surface area contributed by atoms with Gasteiger partial charge in [0.15, 0.2) is 0 Å². The van der Waals surface area contributed by atoms with Crippen LogP contribution in [0.25, 0.3) is 16.9 Å². The highest BCUT2D eigenvalue weighted by Gasteiger charge is 2.18. The molecule has 0 amide bonds. The summed E-state index contributed by atoms with van der Waals surface area (Å²) in [4.78, 5) is 0. The molecule has 0 unspecified atom stereocenters. The zero-order chi connectivity index (χ0) is 14.8. The Bertz CT molecular complexity index is 764. The van der Waals surface area contributed by atoms with Crippen molar-refractivity contribution >= 4 is 23.2 Å². The van der Waals surface area contributed by atoms with Crippen LogP contribution in [-0.2, 0) is 5.88 Å². The van der Waals surface area contributed by atoms with E-state index in [0.29, 0.717) is 11.0 Å². The highest BCUT2D eigenvalue weighted by atomic mass is 35.5. The molecule has 0 aliphatic heterocycles. The fourth-order valence-corrected chi connectivity index (χ4v) is 2.94. The van der Waals surface area contributed by atoms with Gasteiger partial charge in [-0.2, -0.15) is 5.10 Å². The van der Waals surface area contributed by atoms with Crippen LogP contribution in [0.2, 0.25) is 5.15 Å². The minimum absolute atomic E-state index is 0.328. The first-order chi connectivity index (χ1) is 10.2. The zero-order valence-electron chi connectivity index (χ0n) is 11.6. The number of para-hydroxylation sites is 1. The number of aromatic nitrogens is 2. The molecule has 0 N–H and O–H groups in total. The lowest BCUT2D eigenvalue weighted by molar-refractivity contribution is 0.876. The maximum absolute atomic E-state index is 6.50. The quantitative estimate of drug-likeness (QED) is 0.604. The fraction of sp³-hybridized carbons (Fsp3) is 0.118. The van der Waals surface area contributed by atoms with E-state index in [4.69, 9.17) is 23.2 Å². The molecule has 21 heavy (non-hydrogen) atoms. The minimum Gasteiger partial charge on any atom is -0.221 e. The molecule has 0 radical (unpaired) electrons. The first kappa shape index (κ1) is 14.2. The van der Waals surface area contributed by atoms with Crippen LogP contribution in [0.15, 0.2) is 54.6 Å². The maximum atomic E-state index is 6.50. The first-order valence-electron chi connectivity index (χ1n) is 6.67. The third-order valence-corrected chi connectivity index (χ3v) is 4.10. The third kappa shape index (κ3) is 2.57. The van der Waals surface area contributed by atoms with Crippen molar-refractivity contribution in [3.63, 3.8) is 0 Å². The van der Waals surface area contributed by atoms with Crippen molar-refractivity contribution in [2.75, 3.05) is 0 Å². The van der Waals surface area contributed by atoms with Gasteiger partial charge in [-0.05, 0) is 18.6 Å². The van der Waals surface area contributed by atoms with Gasteiger partial charge < -0.3 is 0 Å². The Kier molecular flexibility index (Phi) is 4.00. The van der Waals surface area contributed by atoms with Gasteiger partial charge in [0.05, 0.1) is 17.3 Å². The van der Waals surface area contributed by atoms with E-state index in [1.54, 1.807) is 4.68 Å². The van der Waals surface area contributed by atoms with E-state index >= 15 is 0 Å². The lowest BCUT2D eigenvalue weighted by Crippen LogP contribution is -1.99. The van der Waals surface area contributed by atoms with E-state index in [1.807, 2.05) is 61.5 Å². The van der Waals surface area contributed by atoms with E-state index in [-0.39, 0.29) is 0 Å². The van der Waals surface area contributed by atoms with E-state index in [1.165, 1.54) is 0 Å². The molecule has 0 atom stereocenters. The molecule has 2 nitrogen and oxygen atoms in total. The number of rotatable bonds is 3. The molecule has 106 valence electrons. The van der Waals surface area contributed by atoms with Gasteiger partial charge in [0.1, 0.15) is 5.15 Å². The SMILES string of the molecule is Cc1ccccc1-n1nc(-c2ccccc2)c(CCl)c1Cl. The monoisotopic (exact) mass is 316 g/mol. The van der Waals surface area contributed by atoms with Crippen LogP contribution in [0, 0.1) is 6.92 Å². The molecule has 3 aromatic rings. The normalized spacial score (nSPS) is 10.8. The summed E-state index contributed by atoms with van der Waals surface area (Å²) in [7, 11) is 0. The molecule has 0 aliphatic rings. The summed E-state index contributed by atoms with van der Waals surface area (Å²) < 4.78 is 1.76. The summed E-state index contributed by atoms with van der Waals surface area (Å²) in [6.07, 6.45) is 0. The summed E-state index contributed by atoms with van der Waals surface area (Å²) in [5, 5.41) is 5.25. The highest BCUT2D eigenvalue weighted by molar-refractivity contribution is 6.32. The van der Waals surface area contributed by atoms with Crippen LogP contribution in [0.3, 0.4) is 0 Å². The second-order valence-corrected chi connectivity index (χ2v) is 5.44. The Hall–Kier alpha value is -1.77. The second-order valence-electron chi connectivity index (χ2n) is 4.82. The number of halogens is 2. The van der Waals surface area contributed by atoms with Crippen LogP contribution in [-0.4, -0.2) is 9.78 Å². The van der Waals surface area contributed by atoms with Gasteiger partial charge in [0.25, 0.3) is 0 Å². The van der Waals surface area contributed by atoms with Crippen LogP contribution >= 0.6 is 23.2 Å². The molecule has 3 rings (SSSR count). The van der Waals surface area contributed by atoms with Crippen LogP contribution in [0.4, 0.5) is 0 Å². The second kappa shape index (κ2) is 5.92. The molecule has 2 aromatic carbocycles. The van der Waals surface area contributed by atoms with Gasteiger partial charge >= 0.3 is 0 Å². The molecular formula is C17H14Cl2N2. The van der Waals surface area contributed by atoms with Crippen molar-refractivity contribution < 1.29 is 0 Å². The highest BCUT2D eigenvalue weighted by Crippen LogP contribution is 2.32. The molecule has 0 saturated heterocycles. The number of benzene rings is 2. The molecule has 0 spiro atoms. The predicted molar refractivity (Wildman–Crippen MR) is 88.3 cm³/mol. The third-order valence-electron chi connectivity index (χ3n) is 3.45.